The molecule has 0 aliphatic carbocycles. The second-order valence-corrected chi connectivity index (χ2v) is 4.14. The van der Waals surface area contributed by atoms with Crippen LogP contribution in [-0.2, 0) is 11.8 Å². The van der Waals surface area contributed by atoms with E-state index in [4.69, 9.17) is 0 Å². The molecule has 2 heterocycles. The fraction of sp³-hybridized carbons (Fsp3) is 0.583. The number of rotatable bonds is 2. The third-order valence-electron chi connectivity index (χ3n) is 3.20. The maximum absolute atomic E-state index is 11.7. The molecule has 0 aromatic carbocycles. The molecule has 1 aliphatic rings. The van der Waals surface area contributed by atoms with E-state index in [2.05, 4.69) is 10.6 Å². The number of nitrogens with zero attached hydrogens (tertiary/aromatic N) is 2. The molecule has 0 N–H and O–H groups in total. The first kappa shape index (κ1) is 10.3. The highest BCUT2D eigenvalue weighted by Gasteiger charge is 2.29. The molecule has 0 spiro atoms. The zero-order chi connectivity index (χ0) is 10.8. The third kappa shape index (κ3) is 1.78. The molecule has 3 heteroatoms. The lowest BCUT2D eigenvalue weighted by atomic mass is 10.1. The summed E-state index contributed by atoms with van der Waals surface area (Å²) in [6.45, 7) is 2.85. The number of amides is 1. The number of carbonyl (C=O) groups is 1. The van der Waals surface area contributed by atoms with Gasteiger partial charge in [-0.15, -0.1) is 0 Å². The van der Waals surface area contributed by atoms with Crippen molar-refractivity contribution in [2.75, 3.05) is 6.54 Å². The van der Waals surface area contributed by atoms with Crippen LogP contribution in [0.15, 0.2) is 18.3 Å². The van der Waals surface area contributed by atoms with Gasteiger partial charge in [-0.25, -0.2) is 0 Å². The molecule has 3 nitrogen and oxygen atoms in total. The van der Waals surface area contributed by atoms with E-state index in [-0.39, 0.29) is 5.91 Å². The molecule has 1 saturated heterocycles. The van der Waals surface area contributed by atoms with E-state index in [9.17, 15) is 4.79 Å². The van der Waals surface area contributed by atoms with Gasteiger partial charge < -0.3 is 9.47 Å². The van der Waals surface area contributed by atoms with Crippen molar-refractivity contribution in [1.82, 2.24) is 9.47 Å². The van der Waals surface area contributed by atoms with Gasteiger partial charge in [-0.1, -0.05) is 6.92 Å². The van der Waals surface area contributed by atoms with Gasteiger partial charge in [0.15, 0.2) is 0 Å². The van der Waals surface area contributed by atoms with Crippen molar-refractivity contribution >= 4 is 5.91 Å². The summed E-state index contributed by atoms with van der Waals surface area (Å²) in [5.74, 6) is 0.277. The number of likely N-dealkylation sites (tertiary alicyclic amines) is 1. The molecular formula is C12H18N2O. The van der Waals surface area contributed by atoms with Crippen molar-refractivity contribution in [1.29, 1.82) is 0 Å². The maximum Gasteiger partial charge on any atom is 0.222 e. The first-order valence-electron chi connectivity index (χ1n) is 5.64. The van der Waals surface area contributed by atoms with Crippen LogP contribution in [-0.4, -0.2) is 21.9 Å². The van der Waals surface area contributed by atoms with Crippen LogP contribution < -0.4 is 0 Å². The minimum atomic E-state index is 0.277. The molecule has 1 fully saturated rings. The minimum absolute atomic E-state index is 0.277. The molecule has 82 valence electrons. The number of aryl methyl sites for hydroxylation is 1. The SMILES string of the molecule is CCC(=O)N1CCCC1c1cccn1C. The molecule has 0 saturated carbocycles. The largest absolute Gasteiger partial charge is 0.353 e. The normalized spacial score (nSPS) is 20.9. The smallest absolute Gasteiger partial charge is 0.222 e. The van der Waals surface area contributed by atoms with E-state index in [1.807, 2.05) is 31.1 Å². The number of hydrogen-bond acceptors (Lipinski definition) is 1. The van der Waals surface area contributed by atoms with E-state index in [1.54, 1.807) is 0 Å². The highest BCUT2D eigenvalue weighted by atomic mass is 16.2. The van der Waals surface area contributed by atoms with Crippen molar-refractivity contribution in [2.45, 2.75) is 32.2 Å². The standard InChI is InChI=1S/C12H18N2O/c1-3-12(15)14-9-5-7-11(14)10-6-4-8-13(10)2/h4,6,8,11H,3,5,7,9H2,1-2H3. The predicted octanol–water partition coefficient (Wildman–Crippen LogP) is 2.10. The van der Waals surface area contributed by atoms with Gasteiger partial charge in [0, 0.05) is 31.9 Å². The van der Waals surface area contributed by atoms with Gasteiger partial charge in [0.2, 0.25) is 5.91 Å². The van der Waals surface area contributed by atoms with E-state index in [0.29, 0.717) is 12.5 Å². The highest BCUT2D eigenvalue weighted by Crippen LogP contribution is 2.32. The fourth-order valence-electron chi connectivity index (χ4n) is 2.40. The first-order valence-corrected chi connectivity index (χ1v) is 5.64. The van der Waals surface area contributed by atoms with Crippen LogP contribution in [0, 0.1) is 0 Å². The average Bonchev–Trinajstić information content (AvgIpc) is 2.84. The van der Waals surface area contributed by atoms with Gasteiger partial charge in [0.25, 0.3) is 0 Å². The number of carbonyl (C=O) groups excluding carboxylic acids is 1. The van der Waals surface area contributed by atoms with Crippen LogP contribution in [0.5, 0.6) is 0 Å². The summed E-state index contributed by atoms with van der Waals surface area (Å²) < 4.78 is 2.12. The van der Waals surface area contributed by atoms with Crippen LogP contribution >= 0.6 is 0 Å². The summed E-state index contributed by atoms with van der Waals surface area (Å²) in [5.41, 5.74) is 1.26. The van der Waals surface area contributed by atoms with E-state index in [1.165, 1.54) is 5.69 Å². The Balaban J connectivity index is 2.22. The van der Waals surface area contributed by atoms with Gasteiger partial charge in [0.05, 0.1) is 6.04 Å². The van der Waals surface area contributed by atoms with Crippen LogP contribution in [0.3, 0.4) is 0 Å². The predicted molar refractivity (Wildman–Crippen MR) is 59.4 cm³/mol. The zero-order valence-corrected chi connectivity index (χ0v) is 9.44. The van der Waals surface area contributed by atoms with Crippen molar-refractivity contribution < 1.29 is 4.79 Å². The number of hydrogen-bond donors (Lipinski definition) is 0. The van der Waals surface area contributed by atoms with Crippen LogP contribution in [0.25, 0.3) is 0 Å². The first-order chi connectivity index (χ1) is 7.24. The Labute approximate surface area is 90.7 Å². The van der Waals surface area contributed by atoms with Gasteiger partial charge in [-0.2, -0.15) is 0 Å². The molecule has 1 aromatic heterocycles. The van der Waals surface area contributed by atoms with Crippen LogP contribution in [0.1, 0.15) is 37.9 Å². The van der Waals surface area contributed by atoms with Gasteiger partial charge in [0.1, 0.15) is 0 Å². The highest BCUT2D eigenvalue weighted by molar-refractivity contribution is 5.76. The Hall–Kier alpha value is -1.25. The van der Waals surface area contributed by atoms with E-state index in [0.717, 1.165) is 19.4 Å². The average molecular weight is 206 g/mol. The lowest BCUT2D eigenvalue weighted by Crippen LogP contribution is -2.30. The summed E-state index contributed by atoms with van der Waals surface area (Å²) in [6, 6.07) is 4.46. The molecule has 0 radical (unpaired) electrons. The maximum atomic E-state index is 11.7. The topological polar surface area (TPSA) is 25.2 Å². The zero-order valence-electron chi connectivity index (χ0n) is 9.44. The Morgan fingerprint density at radius 2 is 2.40 bits per heavy atom. The van der Waals surface area contributed by atoms with Gasteiger partial charge >= 0.3 is 0 Å². The second-order valence-electron chi connectivity index (χ2n) is 4.14. The van der Waals surface area contributed by atoms with Crippen LogP contribution in [0.4, 0.5) is 0 Å². The van der Waals surface area contributed by atoms with E-state index < -0.39 is 0 Å². The van der Waals surface area contributed by atoms with Crippen LogP contribution in [0.2, 0.25) is 0 Å². The molecule has 15 heavy (non-hydrogen) atoms. The summed E-state index contributed by atoms with van der Waals surface area (Å²) in [4.78, 5) is 13.8. The van der Waals surface area contributed by atoms with Gasteiger partial charge in [-0.3, -0.25) is 4.79 Å². The van der Waals surface area contributed by atoms with Crippen molar-refractivity contribution in [3.8, 4) is 0 Å². The third-order valence-corrected chi connectivity index (χ3v) is 3.20. The summed E-state index contributed by atoms with van der Waals surface area (Å²) in [6.07, 6.45) is 4.88. The lowest BCUT2D eigenvalue weighted by molar-refractivity contribution is -0.131. The Morgan fingerprint density at radius 3 is 3.00 bits per heavy atom. The van der Waals surface area contributed by atoms with Crippen molar-refractivity contribution in [3.05, 3.63) is 24.0 Å². The quantitative estimate of drug-likeness (QED) is 0.727. The summed E-state index contributed by atoms with van der Waals surface area (Å²) in [5, 5.41) is 0. The Bertz CT molecular complexity index is 356. The molecule has 1 atom stereocenters. The fourth-order valence-corrected chi connectivity index (χ4v) is 2.40. The second kappa shape index (κ2) is 4.09. The van der Waals surface area contributed by atoms with Crippen molar-refractivity contribution in [3.63, 3.8) is 0 Å². The van der Waals surface area contributed by atoms with Gasteiger partial charge in [-0.05, 0) is 25.0 Å². The molecule has 1 aromatic rings. The Morgan fingerprint density at radius 1 is 1.60 bits per heavy atom. The molecule has 1 aliphatic heterocycles. The summed E-state index contributed by atoms with van der Waals surface area (Å²) >= 11 is 0. The molecule has 0 bridgehead atoms. The minimum Gasteiger partial charge on any atom is -0.353 e. The summed E-state index contributed by atoms with van der Waals surface area (Å²) in [7, 11) is 2.04. The van der Waals surface area contributed by atoms with E-state index >= 15 is 0 Å². The monoisotopic (exact) mass is 206 g/mol. The lowest BCUT2D eigenvalue weighted by Gasteiger charge is -2.24. The Kier molecular flexibility index (Phi) is 2.80. The molecule has 1 unspecified atom stereocenters. The molecular weight excluding hydrogens is 188 g/mol. The molecule has 2 rings (SSSR count). The van der Waals surface area contributed by atoms with Crippen molar-refractivity contribution in [2.24, 2.45) is 7.05 Å². The number of aromatic nitrogens is 1. The molecule has 1 amide bonds.